The first kappa shape index (κ1) is 21.1. The van der Waals surface area contributed by atoms with Gasteiger partial charge in [-0.15, -0.1) is 11.3 Å². The molecule has 0 spiro atoms. The fourth-order valence-corrected chi connectivity index (χ4v) is 5.30. The van der Waals surface area contributed by atoms with Gasteiger partial charge in [-0.1, -0.05) is 49.6 Å². The molecule has 1 aromatic carbocycles. The largest absolute Gasteiger partial charge is 0.332 e. The molecule has 30 heavy (non-hydrogen) atoms. The Morgan fingerprint density at radius 1 is 0.967 bits per heavy atom. The Balaban J connectivity index is 1.49. The van der Waals surface area contributed by atoms with Crippen molar-refractivity contribution in [3.63, 3.8) is 0 Å². The molecule has 2 fully saturated rings. The fourth-order valence-electron chi connectivity index (χ4n) is 4.38. The number of benzene rings is 1. The number of hydrogen-bond donors (Lipinski definition) is 0. The SMILES string of the molecule is Cc1ccsc1CN(Cc1ccccc1)C(=O)CN(C(=O)C1CCCCC1)C1CC1. The molecule has 1 aromatic heterocycles. The van der Waals surface area contributed by atoms with E-state index in [4.69, 9.17) is 0 Å². The zero-order chi connectivity index (χ0) is 20.9. The molecule has 0 atom stereocenters. The Kier molecular flexibility index (Phi) is 6.88. The lowest BCUT2D eigenvalue weighted by molar-refractivity contribution is -0.144. The summed E-state index contributed by atoms with van der Waals surface area (Å²) >= 11 is 1.70. The van der Waals surface area contributed by atoms with Crippen molar-refractivity contribution in [2.75, 3.05) is 6.54 Å². The summed E-state index contributed by atoms with van der Waals surface area (Å²) in [5.41, 5.74) is 2.35. The van der Waals surface area contributed by atoms with E-state index in [0.717, 1.165) is 44.1 Å². The number of thiophene rings is 1. The Bertz CT molecular complexity index is 853. The Morgan fingerprint density at radius 3 is 2.33 bits per heavy atom. The second-order valence-corrected chi connectivity index (χ2v) is 9.80. The Labute approximate surface area is 183 Å². The van der Waals surface area contributed by atoms with Gasteiger partial charge in [-0.2, -0.15) is 0 Å². The van der Waals surface area contributed by atoms with E-state index in [9.17, 15) is 9.59 Å². The third-order valence-corrected chi connectivity index (χ3v) is 7.41. The van der Waals surface area contributed by atoms with Crippen LogP contribution in [-0.2, 0) is 22.7 Å². The monoisotopic (exact) mass is 424 g/mol. The summed E-state index contributed by atoms with van der Waals surface area (Å²) in [5, 5.41) is 2.08. The van der Waals surface area contributed by atoms with Gasteiger partial charge >= 0.3 is 0 Å². The summed E-state index contributed by atoms with van der Waals surface area (Å²) in [6.07, 6.45) is 7.55. The summed E-state index contributed by atoms with van der Waals surface area (Å²) in [7, 11) is 0. The average molecular weight is 425 g/mol. The van der Waals surface area contributed by atoms with E-state index in [0.29, 0.717) is 13.1 Å². The van der Waals surface area contributed by atoms with Crippen LogP contribution in [0, 0.1) is 12.8 Å². The molecule has 1 heterocycles. The zero-order valence-electron chi connectivity index (χ0n) is 17.9. The van der Waals surface area contributed by atoms with Crippen LogP contribution in [0.4, 0.5) is 0 Å². The van der Waals surface area contributed by atoms with E-state index in [2.05, 4.69) is 30.5 Å². The highest BCUT2D eigenvalue weighted by atomic mass is 32.1. The van der Waals surface area contributed by atoms with Crippen molar-refractivity contribution in [1.82, 2.24) is 9.80 Å². The number of rotatable bonds is 8. The molecule has 0 saturated heterocycles. The molecule has 4 rings (SSSR count). The van der Waals surface area contributed by atoms with E-state index in [1.165, 1.54) is 16.9 Å². The maximum Gasteiger partial charge on any atom is 0.242 e. The highest BCUT2D eigenvalue weighted by Gasteiger charge is 2.37. The molecule has 0 bridgehead atoms. The first-order chi connectivity index (χ1) is 14.6. The fraction of sp³-hybridized carbons (Fsp3) is 0.520. The summed E-state index contributed by atoms with van der Waals surface area (Å²) in [5.74, 6) is 0.398. The smallest absolute Gasteiger partial charge is 0.242 e. The molecular weight excluding hydrogens is 392 g/mol. The van der Waals surface area contributed by atoms with Crippen molar-refractivity contribution in [1.29, 1.82) is 0 Å². The van der Waals surface area contributed by atoms with E-state index in [-0.39, 0.29) is 30.3 Å². The molecule has 0 radical (unpaired) electrons. The number of amides is 2. The third kappa shape index (κ3) is 5.31. The maximum absolute atomic E-state index is 13.5. The van der Waals surface area contributed by atoms with Crippen molar-refractivity contribution in [2.24, 2.45) is 5.92 Å². The van der Waals surface area contributed by atoms with Gasteiger partial charge in [-0.05, 0) is 55.2 Å². The van der Waals surface area contributed by atoms with Crippen LogP contribution in [-0.4, -0.2) is 34.2 Å². The molecule has 0 aliphatic heterocycles. The molecule has 2 aliphatic carbocycles. The van der Waals surface area contributed by atoms with Crippen molar-refractivity contribution in [3.8, 4) is 0 Å². The molecule has 4 nitrogen and oxygen atoms in total. The van der Waals surface area contributed by atoms with Gasteiger partial charge in [0.05, 0.1) is 6.54 Å². The van der Waals surface area contributed by atoms with Gasteiger partial charge in [-0.3, -0.25) is 9.59 Å². The van der Waals surface area contributed by atoms with Crippen LogP contribution < -0.4 is 0 Å². The van der Waals surface area contributed by atoms with Gasteiger partial charge in [0.25, 0.3) is 0 Å². The van der Waals surface area contributed by atoms with E-state index in [1.54, 1.807) is 11.3 Å². The lowest BCUT2D eigenvalue weighted by Gasteiger charge is -2.31. The number of nitrogens with zero attached hydrogens (tertiary/aromatic N) is 2. The second-order valence-electron chi connectivity index (χ2n) is 8.79. The molecule has 5 heteroatoms. The molecule has 160 valence electrons. The van der Waals surface area contributed by atoms with Crippen LogP contribution in [0.25, 0.3) is 0 Å². The average Bonchev–Trinajstić information content (AvgIpc) is 3.54. The van der Waals surface area contributed by atoms with E-state index >= 15 is 0 Å². The number of carbonyl (C=O) groups is 2. The van der Waals surface area contributed by atoms with Gasteiger partial charge in [0.2, 0.25) is 11.8 Å². The predicted octanol–water partition coefficient (Wildman–Crippen LogP) is 5.16. The topological polar surface area (TPSA) is 40.6 Å². The quantitative estimate of drug-likeness (QED) is 0.587. The molecule has 0 N–H and O–H groups in total. The normalized spacial score (nSPS) is 17.0. The predicted molar refractivity (Wildman–Crippen MR) is 121 cm³/mol. The first-order valence-electron chi connectivity index (χ1n) is 11.3. The maximum atomic E-state index is 13.5. The third-order valence-electron chi connectivity index (χ3n) is 6.40. The van der Waals surface area contributed by atoms with Crippen LogP contribution >= 0.6 is 11.3 Å². The van der Waals surface area contributed by atoms with Gasteiger partial charge < -0.3 is 9.80 Å². The van der Waals surface area contributed by atoms with Gasteiger partial charge in [0.15, 0.2) is 0 Å². The molecule has 2 amide bonds. The Morgan fingerprint density at radius 2 is 1.70 bits per heavy atom. The number of hydrogen-bond acceptors (Lipinski definition) is 3. The van der Waals surface area contributed by atoms with Crippen LogP contribution in [0.1, 0.15) is 60.9 Å². The number of aryl methyl sites for hydroxylation is 1. The summed E-state index contributed by atoms with van der Waals surface area (Å²) in [6.45, 7) is 3.50. The van der Waals surface area contributed by atoms with Crippen molar-refractivity contribution >= 4 is 23.2 Å². The van der Waals surface area contributed by atoms with Gasteiger partial charge in [0.1, 0.15) is 6.54 Å². The highest BCUT2D eigenvalue weighted by Crippen LogP contribution is 2.32. The Hall–Kier alpha value is -2.14. The van der Waals surface area contributed by atoms with E-state index in [1.807, 2.05) is 28.0 Å². The summed E-state index contributed by atoms with van der Waals surface area (Å²) in [6, 6.07) is 12.5. The molecule has 2 aliphatic rings. The summed E-state index contributed by atoms with van der Waals surface area (Å²) in [4.78, 5) is 31.7. The zero-order valence-corrected chi connectivity index (χ0v) is 18.7. The first-order valence-corrected chi connectivity index (χ1v) is 12.1. The van der Waals surface area contributed by atoms with Gasteiger partial charge in [0, 0.05) is 23.4 Å². The highest BCUT2D eigenvalue weighted by molar-refractivity contribution is 7.10. The van der Waals surface area contributed by atoms with E-state index < -0.39 is 0 Å². The van der Waals surface area contributed by atoms with Gasteiger partial charge in [-0.25, -0.2) is 0 Å². The van der Waals surface area contributed by atoms with Crippen LogP contribution in [0.3, 0.4) is 0 Å². The van der Waals surface area contributed by atoms with Crippen LogP contribution in [0.2, 0.25) is 0 Å². The lowest BCUT2D eigenvalue weighted by atomic mass is 9.88. The van der Waals surface area contributed by atoms with Crippen LogP contribution in [0.15, 0.2) is 41.8 Å². The molecule has 2 saturated carbocycles. The second kappa shape index (κ2) is 9.78. The molecule has 2 aromatic rings. The number of carbonyl (C=O) groups excluding carboxylic acids is 2. The van der Waals surface area contributed by atoms with Crippen molar-refractivity contribution in [2.45, 2.75) is 71.0 Å². The minimum atomic E-state index is 0.0581. The van der Waals surface area contributed by atoms with Crippen molar-refractivity contribution in [3.05, 3.63) is 57.8 Å². The van der Waals surface area contributed by atoms with Crippen molar-refractivity contribution < 1.29 is 9.59 Å². The standard InChI is InChI=1S/C25H32N2O2S/c1-19-14-15-30-23(19)17-26(16-20-8-4-2-5-9-20)24(28)18-27(22-12-13-22)25(29)21-10-6-3-7-11-21/h2,4-5,8-9,14-15,21-22H,3,6-7,10-13,16-18H2,1H3. The molecular formula is C25H32N2O2S. The lowest BCUT2D eigenvalue weighted by Crippen LogP contribution is -2.46. The minimum absolute atomic E-state index is 0.0581. The van der Waals surface area contributed by atoms with Crippen LogP contribution in [0.5, 0.6) is 0 Å². The molecule has 0 unspecified atom stereocenters. The minimum Gasteiger partial charge on any atom is -0.332 e. The summed E-state index contributed by atoms with van der Waals surface area (Å²) < 4.78 is 0.